The van der Waals surface area contributed by atoms with Crippen LogP contribution in [0, 0.1) is 11.8 Å². The van der Waals surface area contributed by atoms with Crippen molar-refractivity contribution in [3.05, 3.63) is 18.0 Å². The van der Waals surface area contributed by atoms with Gasteiger partial charge in [-0.05, 0) is 18.3 Å². The van der Waals surface area contributed by atoms with Gasteiger partial charge in [-0.15, -0.1) is 0 Å². The SMILES string of the molecule is CC1CC1CNC(=O)NC(C(=O)O)c1cnn(C)c1. The Kier molecular flexibility index (Phi) is 3.73. The lowest BCUT2D eigenvalue weighted by molar-refractivity contribution is -0.139. The first kappa shape index (κ1) is 13.4. The second kappa shape index (κ2) is 5.29. The van der Waals surface area contributed by atoms with Gasteiger partial charge in [0, 0.05) is 25.4 Å². The molecule has 0 spiro atoms. The summed E-state index contributed by atoms with van der Waals surface area (Å²) in [6.07, 6.45) is 4.12. The number of rotatable bonds is 5. The molecule has 19 heavy (non-hydrogen) atoms. The molecular weight excluding hydrogens is 248 g/mol. The van der Waals surface area contributed by atoms with E-state index >= 15 is 0 Å². The molecule has 1 aromatic heterocycles. The Bertz CT molecular complexity index is 485. The number of nitrogens with one attached hydrogen (secondary N) is 2. The summed E-state index contributed by atoms with van der Waals surface area (Å²) in [5.74, 6) is 0.0595. The first-order valence-electron chi connectivity index (χ1n) is 6.23. The number of carbonyl (C=O) groups excluding carboxylic acids is 1. The van der Waals surface area contributed by atoms with E-state index in [1.54, 1.807) is 13.2 Å². The fourth-order valence-corrected chi connectivity index (χ4v) is 1.97. The molecular formula is C12H18N4O3. The van der Waals surface area contributed by atoms with Gasteiger partial charge in [-0.2, -0.15) is 5.10 Å². The van der Waals surface area contributed by atoms with Crippen molar-refractivity contribution in [3.8, 4) is 0 Å². The second-order valence-corrected chi connectivity index (χ2v) is 5.05. The van der Waals surface area contributed by atoms with Gasteiger partial charge in [0.15, 0.2) is 6.04 Å². The summed E-state index contributed by atoms with van der Waals surface area (Å²) in [5, 5.41) is 18.2. The summed E-state index contributed by atoms with van der Waals surface area (Å²) in [7, 11) is 1.69. The zero-order valence-electron chi connectivity index (χ0n) is 11.0. The van der Waals surface area contributed by atoms with Crippen LogP contribution in [0.15, 0.2) is 12.4 Å². The monoisotopic (exact) mass is 266 g/mol. The molecule has 0 bridgehead atoms. The first-order chi connectivity index (χ1) is 8.97. The number of carbonyl (C=O) groups is 2. The smallest absolute Gasteiger partial charge is 0.331 e. The average molecular weight is 266 g/mol. The van der Waals surface area contributed by atoms with Gasteiger partial charge >= 0.3 is 12.0 Å². The average Bonchev–Trinajstić information content (AvgIpc) is 2.87. The van der Waals surface area contributed by atoms with Gasteiger partial charge in [-0.1, -0.05) is 6.92 Å². The summed E-state index contributed by atoms with van der Waals surface area (Å²) in [4.78, 5) is 22.8. The number of urea groups is 1. The van der Waals surface area contributed by atoms with Gasteiger partial charge in [0.25, 0.3) is 0 Å². The molecule has 1 fully saturated rings. The summed E-state index contributed by atoms with van der Waals surface area (Å²) >= 11 is 0. The molecule has 7 nitrogen and oxygen atoms in total. The minimum atomic E-state index is -1.11. The van der Waals surface area contributed by atoms with E-state index in [1.807, 2.05) is 0 Å². The molecule has 3 unspecified atom stereocenters. The predicted octanol–water partition coefficient (Wildman–Crippen LogP) is 0.501. The number of aryl methyl sites for hydroxylation is 1. The van der Waals surface area contributed by atoms with Crippen LogP contribution in [0.4, 0.5) is 4.79 Å². The summed E-state index contributed by atoms with van der Waals surface area (Å²) in [5.41, 5.74) is 0.449. The van der Waals surface area contributed by atoms with Gasteiger partial charge in [-0.25, -0.2) is 9.59 Å². The lowest BCUT2D eigenvalue weighted by Crippen LogP contribution is -2.41. The zero-order chi connectivity index (χ0) is 14.0. The Balaban J connectivity index is 1.89. The summed E-state index contributed by atoms with van der Waals surface area (Å²) in [6.45, 7) is 2.71. The number of aliphatic carboxylic acids is 1. The molecule has 1 aromatic rings. The van der Waals surface area contributed by atoms with Crippen LogP contribution >= 0.6 is 0 Å². The van der Waals surface area contributed by atoms with Gasteiger partial charge in [0.1, 0.15) is 0 Å². The molecule has 0 saturated heterocycles. The Morgan fingerprint density at radius 3 is 2.79 bits per heavy atom. The van der Waals surface area contributed by atoms with Crippen molar-refractivity contribution in [2.45, 2.75) is 19.4 Å². The molecule has 1 heterocycles. The number of carboxylic acids is 1. The largest absolute Gasteiger partial charge is 0.479 e. The van der Waals surface area contributed by atoms with E-state index in [-0.39, 0.29) is 0 Å². The molecule has 0 aromatic carbocycles. The minimum absolute atomic E-state index is 0.449. The fraction of sp³-hybridized carbons (Fsp3) is 0.583. The van der Waals surface area contributed by atoms with E-state index in [4.69, 9.17) is 5.11 Å². The number of nitrogens with zero attached hydrogens (tertiary/aromatic N) is 2. The predicted molar refractivity (Wildman–Crippen MR) is 67.4 cm³/mol. The van der Waals surface area contributed by atoms with Crippen LogP contribution in [0.2, 0.25) is 0 Å². The number of hydrogen-bond acceptors (Lipinski definition) is 3. The lowest BCUT2D eigenvalue weighted by atomic mass is 10.1. The molecule has 3 atom stereocenters. The van der Waals surface area contributed by atoms with Crippen molar-refractivity contribution in [1.82, 2.24) is 20.4 Å². The van der Waals surface area contributed by atoms with Gasteiger partial charge in [0.2, 0.25) is 0 Å². The number of aromatic nitrogens is 2. The summed E-state index contributed by atoms with van der Waals surface area (Å²) < 4.78 is 1.50. The Hall–Kier alpha value is -2.05. The molecule has 2 amide bonds. The van der Waals surface area contributed by atoms with Crippen molar-refractivity contribution >= 4 is 12.0 Å². The number of carboxylic acid groups (broad SMARTS) is 1. The van der Waals surface area contributed by atoms with Crippen molar-refractivity contribution in [3.63, 3.8) is 0 Å². The highest BCUT2D eigenvalue weighted by Crippen LogP contribution is 2.36. The highest BCUT2D eigenvalue weighted by Gasteiger charge is 2.32. The lowest BCUT2D eigenvalue weighted by Gasteiger charge is -2.13. The molecule has 1 aliphatic carbocycles. The van der Waals surface area contributed by atoms with Gasteiger partial charge < -0.3 is 15.7 Å². The molecule has 1 saturated carbocycles. The van der Waals surface area contributed by atoms with Crippen molar-refractivity contribution in [2.75, 3.05) is 6.54 Å². The van der Waals surface area contributed by atoms with E-state index in [1.165, 1.54) is 10.9 Å². The van der Waals surface area contributed by atoms with E-state index < -0.39 is 18.0 Å². The maximum Gasteiger partial charge on any atom is 0.331 e. The Morgan fingerprint density at radius 1 is 1.63 bits per heavy atom. The highest BCUT2D eigenvalue weighted by atomic mass is 16.4. The normalized spacial score (nSPS) is 22.6. The van der Waals surface area contributed by atoms with Crippen LogP contribution in [-0.2, 0) is 11.8 Å². The van der Waals surface area contributed by atoms with Crippen LogP contribution in [-0.4, -0.2) is 33.4 Å². The van der Waals surface area contributed by atoms with Crippen molar-refractivity contribution in [2.24, 2.45) is 18.9 Å². The first-order valence-corrected chi connectivity index (χ1v) is 6.23. The maximum absolute atomic E-state index is 11.7. The van der Waals surface area contributed by atoms with Crippen LogP contribution < -0.4 is 10.6 Å². The zero-order valence-corrected chi connectivity index (χ0v) is 11.0. The number of amides is 2. The van der Waals surface area contributed by atoms with E-state index in [0.29, 0.717) is 23.9 Å². The molecule has 0 aliphatic heterocycles. The van der Waals surface area contributed by atoms with Crippen molar-refractivity contribution < 1.29 is 14.7 Å². The quantitative estimate of drug-likeness (QED) is 0.723. The topological polar surface area (TPSA) is 96.2 Å². The third-order valence-electron chi connectivity index (χ3n) is 3.38. The molecule has 104 valence electrons. The fourth-order valence-electron chi connectivity index (χ4n) is 1.97. The second-order valence-electron chi connectivity index (χ2n) is 5.05. The van der Waals surface area contributed by atoms with Crippen LogP contribution in [0.3, 0.4) is 0 Å². The molecule has 7 heteroatoms. The third-order valence-corrected chi connectivity index (χ3v) is 3.38. The molecule has 3 N–H and O–H groups in total. The van der Waals surface area contributed by atoms with E-state index in [0.717, 1.165) is 6.42 Å². The Labute approximate surface area is 111 Å². The number of hydrogen-bond donors (Lipinski definition) is 3. The minimum Gasteiger partial charge on any atom is -0.479 e. The molecule has 2 rings (SSSR count). The van der Waals surface area contributed by atoms with Gasteiger partial charge in [0.05, 0.1) is 6.20 Å². The van der Waals surface area contributed by atoms with Gasteiger partial charge in [-0.3, -0.25) is 4.68 Å². The highest BCUT2D eigenvalue weighted by molar-refractivity contribution is 5.83. The van der Waals surface area contributed by atoms with E-state index in [9.17, 15) is 9.59 Å². The van der Waals surface area contributed by atoms with Crippen LogP contribution in [0.25, 0.3) is 0 Å². The standard InChI is InChI=1S/C12H18N4O3/c1-7-3-8(7)4-13-12(19)15-10(11(17)18)9-5-14-16(2)6-9/h5-8,10H,3-4H2,1-2H3,(H,17,18)(H2,13,15,19). The maximum atomic E-state index is 11.7. The Morgan fingerprint density at radius 2 is 2.32 bits per heavy atom. The third kappa shape index (κ3) is 3.46. The molecule has 1 aliphatic rings. The summed E-state index contributed by atoms with van der Waals surface area (Å²) in [6, 6.07) is -1.54. The van der Waals surface area contributed by atoms with Crippen LogP contribution in [0.5, 0.6) is 0 Å². The van der Waals surface area contributed by atoms with Crippen molar-refractivity contribution in [1.29, 1.82) is 0 Å². The van der Waals surface area contributed by atoms with E-state index in [2.05, 4.69) is 22.7 Å². The molecule has 0 radical (unpaired) electrons. The van der Waals surface area contributed by atoms with Crippen LogP contribution in [0.1, 0.15) is 24.9 Å².